The minimum absolute atomic E-state index is 0.199. The molecule has 13 heteroatoms. The van der Waals surface area contributed by atoms with Gasteiger partial charge in [0.1, 0.15) is 6.54 Å². The molecule has 0 atom stereocenters. The summed E-state index contributed by atoms with van der Waals surface area (Å²) in [5.41, 5.74) is 7.07. The quantitative estimate of drug-likeness (QED) is 0.0267. The Hall–Kier alpha value is -5.96. The number of anilines is 3. The lowest BCUT2D eigenvalue weighted by atomic mass is 9.73. The van der Waals surface area contributed by atoms with E-state index in [2.05, 4.69) is 147 Å². The van der Waals surface area contributed by atoms with Gasteiger partial charge in [-0.2, -0.15) is 4.57 Å². The van der Waals surface area contributed by atoms with Crippen LogP contribution in [0.1, 0.15) is 33.7 Å². The summed E-state index contributed by atoms with van der Waals surface area (Å²) in [6.45, 7) is 2.83. The van der Waals surface area contributed by atoms with Crippen LogP contribution in [0.3, 0.4) is 0 Å². The average molecular weight is 910 g/mol. The number of fused-ring (bicyclic) bond motifs is 2. The van der Waals surface area contributed by atoms with Gasteiger partial charge in [-0.1, -0.05) is 66.8 Å². The number of nitrogens with one attached hydrogen (secondary N) is 1. The number of imide groups is 1. The molecule has 8 rings (SSSR count). The molecule has 0 spiro atoms. The first kappa shape index (κ1) is 44.6. The smallest absolute Gasteiger partial charge is 0.253 e. The van der Waals surface area contributed by atoms with Crippen LogP contribution in [0, 0.1) is 0 Å². The lowest BCUT2D eigenvalue weighted by Gasteiger charge is -2.34. The van der Waals surface area contributed by atoms with Gasteiger partial charge in [0.2, 0.25) is 5.52 Å². The molecule has 0 radical (unpaired) electrons. The Bertz CT molecular complexity index is 2760. The van der Waals surface area contributed by atoms with Crippen molar-refractivity contribution in [3.63, 3.8) is 0 Å². The van der Waals surface area contributed by atoms with Crippen molar-refractivity contribution < 1.29 is 27.1 Å². The summed E-state index contributed by atoms with van der Waals surface area (Å²) < 4.78 is 37.9. The SMILES string of the molecule is CN(c1ccccc1)c1ccc2c(c1)C(Cc1cccs1)(Cc1cccs1)\C(=C/C=C/C=C/c1cc[n+](CCCNCCN3C(=O)C=CC3=O)c3ccccc13)N2CCCS(=O)(=O)[O-]. The van der Waals surface area contributed by atoms with Crippen molar-refractivity contribution in [2.75, 3.05) is 48.8 Å². The Labute approximate surface area is 383 Å². The Morgan fingerprint density at radius 2 is 1.48 bits per heavy atom. The molecule has 328 valence electrons. The number of carbonyl (C=O) groups is 2. The van der Waals surface area contributed by atoms with Gasteiger partial charge in [-0.15, -0.1) is 22.7 Å². The van der Waals surface area contributed by atoms with Crippen molar-refractivity contribution in [1.29, 1.82) is 0 Å². The van der Waals surface area contributed by atoms with Crippen LogP contribution < -0.4 is 19.7 Å². The highest BCUT2D eigenvalue weighted by molar-refractivity contribution is 7.85. The average Bonchev–Trinajstić information content (AvgIpc) is 4.12. The van der Waals surface area contributed by atoms with Crippen LogP contribution in [0.5, 0.6) is 0 Å². The summed E-state index contributed by atoms with van der Waals surface area (Å²) in [5, 5.41) is 8.72. The van der Waals surface area contributed by atoms with E-state index in [1.54, 1.807) is 22.7 Å². The molecule has 2 aliphatic heterocycles. The maximum Gasteiger partial charge on any atom is 0.253 e. The monoisotopic (exact) mass is 909 g/mol. The lowest BCUT2D eigenvalue weighted by Crippen LogP contribution is -2.38. The molecule has 0 fully saturated rings. The zero-order valence-corrected chi connectivity index (χ0v) is 38.2. The fraction of sp³-hybridized carbons (Fsp3) is 0.235. The summed E-state index contributed by atoms with van der Waals surface area (Å²) in [6.07, 6.45) is 17.8. The number of benzene rings is 3. The number of rotatable bonds is 20. The number of aryl methyl sites for hydroxylation is 1. The van der Waals surface area contributed by atoms with E-state index in [1.165, 1.54) is 32.4 Å². The Morgan fingerprint density at radius 3 is 2.19 bits per heavy atom. The zero-order valence-electron chi connectivity index (χ0n) is 35.7. The molecule has 64 heavy (non-hydrogen) atoms. The summed E-state index contributed by atoms with van der Waals surface area (Å²) in [5.74, 6) is -0.956. The van der Waals surface area contributed by atoms with Crippen LogP contribution in [0.4, 0.5) is 17.1 Å². The van der Waals surface area contributed by atoms with Crippen molar-refractivity contribution in [3.05, 3.63) is 183 Å². The zero-order chi connectivity index (χ0) is 44.5. The van der Waals surface area contributed by atoms with E-state index in [0.29, 0.717) is 19.6 Å². The van der Waals surface area contributed by atoms with Crippen LogP contribution >= 0.6 is 22.7 Å². The van der Waals surface area contributed by atoms with Crippen LogP contribution in [-0.2, 0) is 44.5 Å². The van der Waals surface area contributed by atoms with E-state index in [0.717, 1.165) is 71.6 Å². The second kappa shape index (κ2) is 20.3. The van der Waals surface area contributed by atoms with Gasteiger partial charge in [0.15, 0.2) is 6.20 Å². The number of para-hydroxylation sites is 2. The Morgan fingerprint density at radius 1 is 0.766 bits per heavy atom. The number of allylic oxidation sites excluding steroid dienone is 5. The fourth-order valence-corrected chi connectivity index (χ4v) is 10.9. The second-order valence-corrected chi connectivity index (χ2v) is 19.6. The number of aromatic nitrogens is 1. The van der Waals surface area contributed by atoms with Crippen LogP contribution in [-0.4, -0.2) is 68.7 Å². The highest BCUT2D eigenvalue weighted by atomic mass is 32.2. The van der Waals surface area contributed by atoms with E-state index >= 15 is 0 Å². The second-order valence-electron chi connectivity index (χ2n) is 16.0. The van der Waals surface area contributed by atoms with Crippen molar-refractivity contribution in [2.45, 2.75) is 37.6 Å². The third kappa shape index (κ3) is 10.4. The van der Waals surface area contributed by atoms with E-state index in [9.17, 15) is 22.6 Å². The predicted octanol–water partition coefficient (Wildman–Crippen LogP) is 8.55. The molecular formula is C51H51N5O5S3. The highest BCUT2D eigenvalue weighted by Crippen LogP contribution is 2.54. The number of hydrogen-bond acceptors (Lipinski definition) is 10. The van der Waals surface area contributed by atoms with Crippen molar-refractivity contribution in [1.82, 2.24) is 10.2 Å². The molecule has 0 unspecified atom stereocenters. The maximum absolute atomic E-state index is 11.9. The number of hydrogen-bond donors (Lipinski definition) is 1. The molecular weight excluding hydrogens is 859 g/mol. The van der Waals surface area contributed by atoms with Gasteiger partial charge in [0.05, 0.1) is 15.5 Å². The first-order chi connectivity index (χ1) is 31.1. The number of nitrogens with zero attached hydrogens (tertiary/aromatic N) is 4. The van der Waals surface area contributed by atoms with E-state index in [1.807, 2.05) is 30.3 Å². The topological polar surface area (TPSA) is 117 Å². The van der Waals surface area contributed by atoms with Crippen LogP contribution in [0.25, 0.3) is 17.0 Å². The highest BCUT2D eigenvalue weighted by Gasteiger charge is 2.47. The van der Waals surface area contributed by atoms with Gasteiger partial charge >= 0.3 is 0 Å². The van der Waals surface area contributed by atoms with E-state index in [-0.39, 0.29) is 18.2 Å². The van der Waals surface area contributed by atoms with Crippen molar-refractivity contribution in [2.24, 2.45) is 0 Å². The number of pyridine rings is 1. The number of carbonyl (C=O) groups excluding carboxylic acids is 2. The van der Waals surface area contributed by atoms with Gasteiger partial charge in [-0.05, 0) is 95.8 Å². The largest absolute Gasteiger partial charge is 0.748 e. The van der Waals surface area contributed by atoms with Crippen molar-refractivity contribution in [3.8, 4) is 0 Å². The summed E-state index contributed by atoms with van der Waals surface area (Å²) in [7, 11) is -2.32. The predicted molar refractivity (Wildman–Crippen MR) is 259 cm³/mol. The number of amides is 2. The third-order valence-corrected chi connectivity index (χ3v) is 14.4. The molecule has 10 nitrogen and oxygen atoms in total. The third-order valence-electron chi connectivity index (χ3n) is 11.9. The first-order valence-corrected chi connectivity index (χ1v) is 24.8. The van der Waals surface area contributed by atoms with E-state index in [4.69, 9.17) is 0 Å². The summed E-state index contributed by atoms with van der Waals surface area (Å²) in [4.78, 5) is 31.9. The lowest BCUT2D eigenvalue weighted by molar-refractivity contribution is -0.671. The Kier molecular flexibility index (Phi) is 14.1. The first-order valence-electron chi connectivity index (χ1n) is 21.5. The molecule has 0 aliphatic carbocycles. The molecule has 5 heterocycles. The molecule has 3 aromatic carbocycles. The van der Waals surface area contributed by atoms with Gasteiger partial charge < -0.3 is 19.7 Å². The maximum atomic E-state index is 11.9. The minimum Gasteiger partial charge on any atom is -0.748 e. The van der Waals surface area contributed by atoms with Crippen LogP contribution in [0.15, 0.2) is 162 Å². The summed E-state index contributed by atoms with van der Waals surface area (Å²) in [6, 6.07) is 35.9. The van der Waals surface area contributed by atoms with E-state index < -0.39 is 21.3 Å². The number of thiophene rings is 2. The molecule has 2 aliphatic rings. The molecule has 2 amide bonds. The molecule has 0 saturated heterocycles. The fourth-order valence-electron chi connectivity index (χ4n) is 8.78. The molecule has 6 aromatic rings. The summed E-state index contributed by atoms with van der Waals surface area (Å²) >= 11 is 3.48. The molecule has 3 aromatic heterocycles. The normalized spacial score (nSPS) is 15.5. The van der Waals surface area contributed by atoms with Gasteiger partial charge in [0, 0.05) is 108 Å². The standard InChI is InChI=1S/C51H51N5O5S3/c1-53(40-15-5-3-6-16-40)41-22-23-47-45(36-41)51(37-42-17-10-33-62-42,38-43-18-11-34-63-43)48(55(47)30-13-35-64(59,60)61)21-7-2-4-14-39-26-31-54(46-20-9-8-19-44(39)46)29-12-27-52-28-32-56-49(57)24-25-50(56)58/h2-11,14-26,31,33-34,36,52H,12-13,27-30,32,35,37-38H2,1H3. The van der Waals surface area contributed by atoms with Gasteiger partial charge in [-0.25, -0.2) is 8.42 Å². The van der Waals surface area contributed by atoms with Crippen molar-refractivity contribution >= 4 is 78.6 Å². The molecule has 1 N–H and O–H groups in total. The van der Waals surface area contributed by atoms with Gasteiger partial charge in [-0.3, -0.25) is 14.5 Å². The Balaban J connectivity index is 1.09. The molecule has 0 bridgehead atoms. The van der Waals surface area contributed by atoms with Gasteiger partial charge in [0.25, 0.3) is 11.8 Å². The minimum atomic E-state index is -4.40. The van der Waals surface area contributed by atoms with Crippen LogP contribution in [0.2, 0.25) is 0 Å². The molecule has 0 saturated carbocycles.